The van der Waals surface area contributed by atoms with Gasteiger partial charge >= 0.3 is 16.3 Å². The summed E-state index contributed by atoms with van der Waals surface area (Å²) in [4.78, 5) is 13.5. The number of carbonyl (C=O) groups is 1. The van der Waals surface area contributed by atoms with Crippen LogP contribution in [0.4, 0.5) is 14.5 Å². The van der Waals surface area contributed by atoms with Gasteiger partial charge in [0.1, 0.15) is 10.9 Å². The molecule has 2 aliphatic heterocycles. The number of aliphatic hydroxyl groups excluding tert-OH is 1. The molecule has 1 saturated carbocycles. The number of halogens is 2. The molecule has 6 rings (SSSR count). The number of carbonyl (C=O) groups excluding carboxylic acids is 1. The molecule has 0 radical (unpaired) electrons. The van der Waals surface area contributed by atoms with E-state index in [2.05, 4.69) is 14.8 Å². The van der Waals surface area contributed by atoms with Crippen LogP contribution in [0.1, 0.15) is 31.2 Å². The van der Waals surface area contributed by atoms with Gasteiger partial charge in [-0.3, -0.25) is 4.79 Å². The highest BCUT2D eigenvalue weighted by Crippen LogP contribution is 2.52. The molecule has 1 unspecified atom stereocenters. The standard InChI is InChI=1S/C28H26F2N2O6S/c29-28(30)37-24-11-8-20(16-25(24)38-28)27(12-13-27)26(34)31-21-4-1-3-19(15-21)18-6-9-23(10-7-18)39(35,36)32-14-2-5-22(32)17-33/h1,3-4,6-11,15-16,22,33H,2,5,12-14,17H2,(H,31,34)/p+1/t22-/m1/s1. The number of alkyl halides is 2. The van der Waals surface area contributed by atoms with Crippen LogP contribution in [0.25, 0.3) is 11.1 Å². The van der Waals surface area contributed by atoms with Crippen molar-refractivity contribution in [2.75, 3.05) is 18.5 Å². The maximum Gasteiger partial charge on any atom is 0.586 e. The first-order chi connectivity index (χ1) is 18.6. The van der Waals surface area contributed by atoms with E-state index in [1.807, 2.05) is 6.07 Å². The Labute approximate surface area is 224 Å². The van der Waals surface area contributed by atoms with E-state index in [4.69, 9.17) is 0 Å². The molecule has 3 aliphatic rings. The van der Waals surface area contributed by atoms with Gasteiger partial charge in [0.15, 0.2) is 11.5 Å². The average molecular weight is 558 g/mol. The Morgan fingerprint density at radius 1 is 1.00 bits per heavy atom. The van der Waals surface area contributed by atoms with Gasteiger partial charge in [0.2, 0.25) is 5.91 Å². The topological polar surface area (TPSA) is 106 Å². The second kappa shape index (κ2) is 9.29. The van der Waals surface area contributed by atoms with Crippen LogP contribution in [0.5, 0.6) is 11.5 Å². The number of rotatable bonds is 7. The molecule has 8 nitrogen and oxygen atoms in total. The molecule has 39 heavy (non-hydrogen) atoms. The molecule has 0 bridgehead atoms. The van der Waals surface area contributed by atoms with Crippen LogP contribution >= 0.6 is 0 Å². The fraction of sp³-hybridized carbons (Fsp3) is 0.321. The van der Waals surface area contributed by atoms with Crippen molar-refractivity contribution < 1.29 is 40.9 Å². The van der Waals surface area contributed by atoms with Crippen LogP contribution in [0.3, 0.4) is 0 Å². The molecular weight excluding hydrogens is 530 g/mol. The van der Waals surface area contributed by atoms with E-state index in [0.29, 0.717) is 41.4 Å². The summed E-state index contributed by atoms with van der Waals surface area (Å²) in [7, 11) is -3.63. The molecule has 2 atom stereocenters. The lowest BCUT2D eigenvalue weighted by molar-refractivity contribution is -0.782. The molecule has 1 amide bonds. The van der Waals surface area contributed by atoms with Crippen LogP contribution in [-0.4, -0.2) is 44.9 Å². The number of aliphatic hydroxyl groups is 1. The SMILES string of the molecule is O=C(Nc1cccc(-c2ccc(S(=O)(=O)[NH+]3CCC[C@@H]3CO)cc2)c1)C1(c2ccc3c(c2)OC(F)(F)O3)CC1. The smallest absolute Gasteiger partial charge is 0.395 e. The normalized spacial score (nSPS) is 22.4. The van der Waals surface area contributed by atoms with E-state index in [1.165, 1.54) is 12.1 Å². The van der Waals surface area contributed by atoms with Crippen LogP contribution in [0.15, 0.2) is 71.6 Å². The molecule has 2 fully saturated rings. The molecule has 0 aromatic heterocycles. The van der Waals surface area contributed by atoms with Gasteiger partial charge in [0.25, 0.3) is 0 Å². The van der Waals surface area contributed by atoms with Gasteiger partial charge in [0, 0.05) is 18.5 Å². The van der Waals surface area contributed by atoms with E-state index in [-0.39, 0.29) is 35.0 Å². The van der Waals surface area contributed by atoms with Gasteiger partial charge in [-0.25, -0.2) is 4.31 Å². The minimum atomic E-state index is -3.72. The third-order valence-electron chi connectivity index (χ3n) is 7.75. The van der Waals surface area contributed by atoms with Gasteiger partial charge in [-0.1, -0.05) is 30.3 Å². The van der Waals surface area contributed by atoms with Crippen molar-refractivity contribution in [3.63, 3.8) is 0 Å². The van der Waals surface area contributed by atoms with Crippen LogP contribution in [0, 0.1) is 0 Å². The van der Waals surface area contributed by atoms with Gasteiger partial charge in [-0.05, 0) is 65.9 Å². The summed E-state index contributed by atoms with van der Waals surface area (Å²) in [5, 5.41) is 12.5. The van der Waals surface area contributed by atoms with Crippen LogP contribution in [-0.2, 0) is 20.2 Å². The zero-order valence-corrected chi connectivity index (χ0v) is 21.6. The van der Waals surface area contributed by atoms with Crippen molar-refractivity contribution in [2.24, 2.45) is 0 Å². The molecule has 3 aromatic carbocycles. The van der Waals surface area contributed by atoms with Crippen LogP contribution < -0.4 is 19.1 Å². The van der Waals surface area contributed by atoms with Gasteiger partial charge in [-0.2, -0.15) is 8.42 Å². The Hall–Kier alpha value is -3.54. The van der Waals surface area contributed by atoms with Crippen molar-refractivity contribution >= 4 is 21.6 Å². The molecule has 204 valence electrons. The number of ether oxygens (including phenoxy) is 2. The highest BCUT2D eigenvalue weighted by Gasteiger charge is 2.52. The van der Waals surface area contributed by atoms with Crippen molar-refractivity contribution in [1.82, 2.24) is 0 Å². The fourth-order valence-electron chi connectivity index (χ4n) is 5.46. The lowest BCUT2D eigenvalue weighted by atomic mass is 9.94. The lowest BCUT2D eigenvalue weighted by Gasteiger charge is -2.19. The zero-order chi connectivity index (χ0) is 27.4. The van der Waals surface area contributed by atoms with Crippen LogP contribution in [0.2, 0.25) is 0 Å². The zero-order valence-electron chi connectivity index (χ0n) is 20.8. The quantitative estimate of drug-likeness (QED) is 0.413. The third-order valence-corrected chi connectivity index (χ3v) is 9.87. The predicted molar refractivity (Wildman–Crippen MR) is 137 cm³/mol. The summed E-state index contributed by atoms with van der Waals surface area (Å²) in [6.07, 6.45) is -1.16. The van der Waals surface area contributed by atoms with Gasteiger partial charge in [0.05, 0.1) is 18.6 Å². The van der Waals surface area contributed by atoms with Crippen molar-refractivity contribution in [1.29, 1.82) is 0 Å². The Morgan fingerprint density at radius 3 is 2.46 bits per heavy atom. The number of nitrogens with one attached hydrogen (secondary N) is 2. The number of benzene rings is 3. The predicted octanol–water partition coefficient (Wildman–Crippen LogP) is 3.07. The first-order valence-corrected chi connectivity index (χ1v) is 14.2. The van der Waals surface area contributed by atoms with Crippen molar-refractivity contribution in [3.05, 3.63) is 72.3 Å². The van der Waals surface area contributed by atoms with E-state index < -0.39 is 21.7 Å². The van der Waals surface area contributed by atoms with Crippen molar-refractivity contribution in [2.45, 2.75) is 48.3 Å². The second-order valence-corrected chi connectivity index (χ2v) is 12.2. The highest BCUT2D eigenvalue weighted by atomic mass is 32.2. The Balaban J connectivity index is 1.18. The molecule has 11 heteroatoms. The van der Waals surface area contributed by atoms with Gasteiger partial charge < -0.3 is 19.9 Å². The third kappa shape index (κ3) is 4.64. The molecule has 0 spiro atoms. The first-order valence-electron chi connectivity index (χ1n) is 12.8. The Morgan fingerprint density at radius 2 is 1.74 bits per heavy atom. The largest absolute Gasteiger partial charge is 0.586 e. The molecule has 3 N–H and O–H groups in total. The fourth-order valence-corrected chi connectivity index (χ4v) is 7.30. The number of amides is 1. The minimum absolute atomic E-state index is 0.0680. The first kappa shape index (κ1) is 25.7. The van der Waals surface area contributed by atoms with Gasteiger partial charge in [-0.15, -0.1) is 8.78 Å². The molecule has 3 aromatic rings. The highest BCUT2D eigenvalue weighted by molar-refractivity contribution is 7.85. The summed E-state index contributed by atoms with van der Waals surface area (Å²) in [5.41, 5.74) is 1.86. The van der Waals surface area contributed by atoms with E-state index in [0.717, 1.165) is 17.5 Å². The Kier molecular flexibility index (Phi) is 6.12. The molecular formula is C28H27F2N2O6S+. The number of anilines is 1. The monoisotopic (exact) mass is 557 g/mol. The Bertz CT molecular complexity index is 1540. The molecule has 2 heterocycles. The summed E-state index contributed by atoms with van der Waals surface area (Å²) in [6, 6.07) is 17.9. The lowest BCUT2D eigenvalue weighted by Crippen LogP contribution is -3.15. The summed E-state index contributed by atoms with van der Waals surface area (Å²) in [5.74, 6) is -0.414. The number of fused-ring (bicyclic) bond motifs is 1. The maximum atomic E-state index is 13.4. The summed E-state index contributed by atoms with van der Waals surface area (Å²) in [6.45, 7) is 0.300. The molecule has 1 saturated heterocycles. The second-order valence-electron chi connectivity index (χ2n) is 10.2. The summed E-state index contributed by atoms with van der Waals surface area (Å²) < 4.78 is 62.4. The number of hydrogen-bond acceptors (Lipinski definition) is 6. The number of quaternary nitrogens is 1. The minimum Gasteiger partial charge on any atom is -0.395 e. The number of hydrogen-bond donors (Lipinski definition) is 3. The number of sulfonamides is 1. The average Bonchev–Trinajstić information content (AvgIpc) is 3.47. The van der Waals surface area contributed by atoms with E-state index in [1.54, 1.807) is 48.5 Å². The molecule has 1 aliphatic carbocycles. The van der Waals surface area contributed by atoms with E-state index in [9.17, 15) is 27.1 Å². The summed E-state index contributed by atoms with van der Waals surface area (Å²) >= 11 is 0. The van der Waals surface area contributed by atoms with Crippen molar-refractivity contribution in [3.8, 4) is 22.6 Å². The maximum absolute atomic E-state index is 13.4. The van der Waals surface area contributed by atoms with E-state index >= 15 is 0 Å².